The van der Waals surface area contributed by atoms with Crippen molar-refractivity contribution in [3.8, 4) is 0 Å². The molecule has 0 saturated heterocycles. The zero-order valence-electron chi connectivity index (χ0n) is 42.6. The molecule has 19 heteroatoms. The summed E-state index contributed by atoms with van der Waals surface area (Å²) in [5, 5.41) is 6.19. The third kappa shape index (κ3) is 18.7. The largest absolute Gasteiger partial charge is 0.443 e. The molecular weight excluding hydrogens is 928 g/mol. The maximum atomic E-state index is 13.3. The molecule has 0 radical (unpaired) electrons. The molecule has 4 amide bonds. The van der Waals surface area contributed by atoms with Gasteiger partial charge in [0, 0.05) is 48.4 Å². The number of halogens is 1. The maximum Gasteiger partial charge on any atom is 0.427 e. The molecule has 2 aliphatic rings. The fourth-order valence-corrected chi connectivity index (χ4v) is 7.03. The summed E-state index contributed by atoms with van der Waals surface area (Å²) in [6, 6.07) is 18.1. The first-order valence-electron chi connectivity index (χ1n) is 23.8. The first-order valence-corrected chi connectivity index (χ1v) is 24.1. The number of nitrogen functional groups attached to an aromatic ring is 1. The molecular formula is C52H75ClN10O8. The topological polar surface area (TPSA) is 224 Å². The van der Waals surface area contributed by atoms with Gasteiger partial charge in [-0.2, -0.15) is 9.97 Å². The predicted octanol–water partition coefficient (Wildman–Crippen LogP) is 10.5. The van der Waals surface area contributed by atoms with E-state index in [-0.39, 0.29) is 25.2 Å². The van der Waals surface area contributed by atoms with E-state index in [0.29, 0.717) is 73.1 Å². The van der Waals surface area contributed by atoms with Crippen molar-refractivity contribution in [1.29, 1.82) is 0 Å². The van der Waals surface area contributed by atoms with Crippen LogP contribution in [0.3, 0.4) is 0 Å². The molecule has 2 aliphatic heterocycles. The van der Waals surface area contributed by atoms with Crippen LogP contribution in [0.4, 0.5) is 37.9 Å². The van der Waals surface area contributed by atoms with Gasteiger partial charge < -0.3 is 35.5 Å². The van der Waals surface area contributed by atoms with Gasteiger partial charge in [0.2, 0.25) is 11.9 Å². The van der Waals surface area contributed by atoms with Crippen LogP contribution in [0.25, 0.3) is 0 Å². The van der Waals surface area contributed by atoms with Gasteiger partial charge in [-0.25, -0.2) is 24.4 Å². The Balaban J connectivity index is 0.000000331. The van der Waals surface area contributed by atoms with Crippen molar-refractivity contribution in [3.05, 3.63) is 94.3 Å². The molecule has 18 nitrogen and oxygen atoms in total. The summed E-state index contributed by atoms with van der Waals surface area (Å²) in [5.74, 6) is 1.17. The number of carbonyl (C=O) groups excluding carboxylic acids is 5. The summed E-state index contributed by atoms with van der Waals surface area (Å²) < 4.78 is 16.7. The summed E-state index contributed by atoms with van der Waals surface area (Å²) in [6.45, 7) is 23.1. The number of nitrogens with one attached hydrogen (secondary N) is 2. The number of hydrogen-bond acceptors (Lipinski definition) is 15. The summed E-state index contributed by atoms with van der Waals surface area (Å²) in [7, 11) is 0. The van der Waals surface area contributed by atoms with Crippen LogP contribution < -0.4 is 26.2 Å². The number of benzene rings is 2. The minimum Gasteiger partial charge on any atom is -0.443 e. The van der Waals surface area contributed by atoms with E-state index >= 15 is 0 Å². The van der Waals surface area contributed by atoms with Crippen LogP contribution in [0.5, 0.6) is 0 Å². The molecule has 0 bridgehead atoms. The van der Waals surface area contributed by atoms with E-state index in [1.54, 1.807) is 86.6 Å². The van der Waals surface area contributed by atoms with E-state index < -0.39 is 40.3 Å². The molecule has 71 heavy (non-hydrogen) atoms. The van der Waals surface area contributed by atoms with E-state index in [1.807, 2.05) is 48.2 Å². The molecule has 2 aromatic carbocycles. The fourth-order valence-electron chi connectivity index (χ4n) is 6.91. The first kappa shape index (κ1) is 58.9. The molecule has 0 spiro atoms. The van der Waals surface area contributed by atoms with Gasteiger partial charge in [-0.05, 0) is 118 Å². The lowest BCUT2D eigenvalue weighted by Crippen LogP contribution is -2.45. The monoisotopic (exact) mass is 1000 g/mol. The van der Waals surface area contributed by atoms with Gasteiger partial charge in [-0.15, -0.1) is 4.90 Å². The number of anilines is 4. The van der Waals surface area contributed by atoms with Crippen molar-refractivity contribution >= 4 is 64.6 Å². The molecule has 6 rings (SSSR count). The van der Waals surface area contributed by atoms with Gasteiger partial charge in [0.25, 0.3) is 11.1 Å². The molecule has 0 unspecified atom stereocenters. The van der Waals surface area contributed by atoms with Gasteiger partial charge in [-0.3, -0.25) is 14.5 Å². The van der Waals surface area contributed by atoms with E-state index in [9.17, 15) is 24.0 Å². The van der Waals surface area contributed by atoms with E-state index in [2.05, 4.69) is 37.5 Å². The van der Waals surface area contributed by atoms with Crippen LogP contribution >= 0.6 is 11.6 Å². The Morgan fingerprint density at radius 1 is 0.718 bits per heavy atom. The zero-order chi connectivity index (χ0) is 51.8. The van der Waals surface area contributed by atoms with Gasteiger partial charge in [-0.1, -0.05) is 82.6 Å². The van der Waals surface area contributed by atoms with Crippen molar-refractivity contribution in [2.75, 3.05) is 47.0 Å². The lowest BCUT2D eigenvalue weighted by molar-refractivity contribution is 0.0425. The Labute approximate surface area is 424 Å². The standard InChI is InChI=1S/C26H43N5O6.C18H23N5O.C7H5ClO.CH4/c1-11-12-15-30(21(32)35-24(2,3)4)19-17-13-14-27-16-18(17)28-20(29-19)31(22(33)36-25(5,6)7)23(34)37-26(8,9)10;1-2-3-10-20-16-14-9-11-23(12-15(14)21-18(19)22-16)17(24)13-7-5-4-6-8-13;8-7(9)6-4-2-1-3-5-6;/h27H,11-16H2,1-10H3;4-8H,2-3,9-12H2,1H3,(H3,19,20,21,22);1-5H;1H4. The van der Waals surface area contributed by atoms with Crippen molar-refractivity contribution in [2.24, 2.45) is 0 Å². The maximum absolute atomic E-state index is 13.3. The fraction of sp³-hybridized carbons (Fsp3) is 0.519. The average molecular weight is 1000 g/mol. The Morgan fingerprint density at radius 3 is 1.79 bits per heavy atom. The van der Waals surface area contributed by atoms with Crippen LogP contribution in [-0.2, 0) is 40.1 Å². The van der Waals surface area contributed by atoms with E-state index in [4.69, 9.17) is 31.5 Å². The summed E-state index contributed by atoms with van der Waals surface area (Å²) in [6.07, 6.45) is 2.52. The van der Waals surface area contributed by atoms with Crippen LogP contribution in [0.2, 0.25) is 0 Å². The van der Waals surface area contributed by atoms with E-state index in [1.165, 1.54) is 4.90 Å². The highest BCUT2D eigenvalue weighted by Gasteiger charge is 2.37. The lowest BCUT2D eigenvalue weighted by Gasteiger charge is -2.31. The highest BCUT2D eigenvalue weighted by atomic mass is 35.5. The minimum absolute atomic E-state index is 0. The predicted molar refractivity (Wildman–Crippen MR) is 279 cm³/mol. The van der Waals surface area contributed by atoms with Crippen LogP contribution in [-0.4, -0.2) is 97.2 Å². The van der Waals surface area contributed by atoms with Crippen molar-refractivity contribution in [3.63, 3.8) is 0 Å². The normalized spacial score (nSPS) is 12.9. The summed E-state index contributed by atoms with van der Waals surface area (Å²) in [4.78, 5) is 84.6. The van der Waals surface area contributed by atoms with Crippen LogP contribution in [0.15, 0.2) is 60.7 Å². The number of fused-ring (bicyclic) bond motifs is 2. The Bertz CT molecular complexity index is 2380. The number of carbonyl (C=O) groups is 5. The second-order valence-electron chi connectivity index (χ2n) is 19.6. The lowest BCUT2D eigenvalue weighted by atomic mass is 10.0. The third-order valence-electron chi connectivity index (χ3n) is 10.1. The zero-order valence-corrected chi connectivity index (χ0v) is 43.4. The number of aromatic nitrogens is 4. The van der Waals surface area contributed by atoms with Crippen molar-refractivity contribution in [1.82, 2.24) is 30.2 Å². The molecule has 4 N–H and O–H groups in total. The number of unbranched alkanes of at least 4 members (excludes halogenated alkanes) is 2. The molecule has 0 aliphatic carbocycles. The van der Waals surface area contributed by atoms with Crippen LogP contribution in [0, 0.1) is 0 Å². The molecule has 4 heterocycles. The van der Waals surface area contributed by atoms with Crippen LogP contribution in [0.1, 0.15) is 153 Å². The highest BCUT2D eigenvalue weighted by Crippen LogP contribution is 2.31. The Kier molecular flexibility index (Phi) is 22.2. The number of hydrogen-bond donors (Lipinski definition) is 3. The second kappa shape index (κ2) is 26.7. The van der Waals surface area contributed by atoms with Gasteiger partial charge in [0.15, 0.2) is 0 Å². The molecule has 0 saturated carbocycles. The summed E-state index contributed by atoms with van der Waals surface area (Å²) in [5.41, 5.74) is 7.86. The van der Waals surface area contributed by atoms with Gasteiger partial charge in [0.1, 0.15) is 28.4 Å². The summed E-state index contributed by atoms with van der Waals surface area (Å²) >= 11 is 5.16. The minimum atomic E-state index is -0.978. The molecule has 2 aromatic heterocycles. The van der Waals surface area contributed by atoms with E-state index in [0.717, 1.165) is 54.9 Å². The number of nitrogens with zero attached hydrogens (tertiary/aromatic N) is 7. The number of rotatable bonds is 11. The molecule has 0 atom stereocenters. The van der Waals surface area contributed by atoms with Gasteiger partial charge in [0.05, 0.1) is 17.9 Å². The molecule has 4 aromatic rings. The molecule has 0 fully saturated rings. The number of ether oxygens (including phenoxy) is 3. The number of imide groups is 1. The average Bonchev–Trinajstić information content (AvgIpc) is 3.28. The first-order chi connectivity index (χ1) is 32.9. The molecule has 388 valence electrons. The second-order valence-corrected chi connectivity index (χ2v) is 19.9. The smallest absolute Gasteiger partial charge is 0.427 e. The SMILES string of the molecule is C.CCCCN(C(=O)OC(C)(C)C)c1nc(N(C(=O)OC(C)(C)C)C(=O)OC(C)(C)C)nc2c1CCNC2.CCCCNc1nc(N)nc2c1CCN(C(=O)c1ccccc1)C2.O=C(Cl)c1ccccc1. The third-order valence-corrected chi connectivity index (χ3v) is 10.3. The highest BCUT2D eigenvalue weighted by molar-refractivity contribution is 6.67. The van der Waals surface area contributed by atoms with Crippen molar-refractivity contribution < 1.29 is 38.2 Å². The van der Waals surface area contributed by atoms with Gasteiger partial charge >= 0.3 is 18.3 Å². The van der Waals surface area contributed by atoms with Crippen molar-refractivity contribution in [2.45, 2.75) is 152 Å². The Morgan fingerprint density at radius 2 is 1.27 bits per heavy atom. The number of amides is 4. The number of nitrogens with two attached hydrogens (primary N) is 1. The Hall–Kier alpha value is -6.40. The quantitative estimate of drug-likeness (QED) is 0.0722.